The van der Waals surface area contributed by atoms with Crippen molar-refractivity contribution in [3.05, 3.63) is 34.4 Å². The third-order valence-corrected chi connectivity index (χ3v) is 7.84. The Morgan fingerprint density at radius 1 is 0.769 bits per heavy atom. The third-order valence-electron chi connectivity index (χ3n) is 7.84. The van der Waals surface area contributed by atoms with E-state index in [1.807, 2.05) is 5.56 Å². The molecule has 1 saturated carbocycles. The van der Waals surface area contributed by atoms with Crippen molar-refractivity contribution in [1.29, 1.82) is 0 Å². The van der Waals surface area contributed by atoms with E-state index >= 15 is 0 Å². The lowest BCUT2D eigenvalue weighted by Crippen LogP contribution is -2.32. The molecule has 1 aromatic rings. The molecule has 0 heteroatoms. The summed E-state index contributed by atoms with van der Waals surface area (Å²) in [6, 6.07) is 5.37. The van der Waals surface area contributed by atoms with Gasteiger partial charge in [0.2, 0.25) is 0 Å². The second-order valence-electron chi connectivity index (χ2n) is 9.60. The van der Waals surface area contributed by atoms with Crippen molar-refractivity contribution in [2.45, 2.75) is 116 Å². The first kappa shape index (κ1) is 18.6. The fourth-order valence-corrected chi connectivity index (χ4v) is 6.42. The first-order valence-electron chi connectivity index (χ1n) is 12.0. The van der Waals surface area contributed by atoms with Crippen LogP contribution in [0.3, 0.4) is 0 Å². The van der Waals surface area contributed by atoms with Crippen LogP contribution in [0.2, 0.25) is 0 Å². The van der Waals surface area contributed by atoms with Crippen LogP contribution in [0.1, 0.15) is 119 Å². The van der Waals surface area contributed by atoms with Gasteiger partial charge in [0.15, 0.2) is 0 Å². The highest BCUT2D eigenvalue weighted by Gasteiger charge is 2.38. The summed E-state index contributed by atoms with van der Waals surface area (Å²) >= 11 is 0. The van der Waals surface area contributed by atoms with Crippen LogP contribution in [0.4, 0.5) is 0 Å². The molecule has 4 rings (SSSR count). The molecular weight excluding hydrogens is 312 g/mol. The summed E-state index contributed by atoms with van der Waals surface area (Å²) in [6.07, 6.45) is 23.1. The number of hydrogen-bond acceptors (Lipinski definition) is 0. The van der Waals surface area contributed by atoms with Gasteiger partial charge in [-0.3, -0.25) is 0 Å². The predicted octanol–water partition coefficient (Wildman–Crippen LogP) is 7.76. The molecule has 0 spiro atoms. The zero-order valence-corrected chi connectivity index (χ0v) is 17.2. The molecule has 144 valence electrons. The number of rotatable bonds is 7. The molecule has 0 aliphatic heterocycles. The summed E-state index contributed by atoms with van der Waals surface area (Å²) in [5, 5.41) is 0. The van der Waals surface area contributed by atoms with Crippen LogP contribution in [0.5, 0.6) is 0 Å². The fraction of sp³-hybridized carbons (Fsp3) is 0.769. The van der Waals surface area contributed by atoms with Gasteiger partial charge in [0.05, 0.1) is 0 Å². The maximum atomic E-state index is 2.70. The Bertz CT molecular complexity index is 584. The van der Waals surface area contributed by atoms with E-state index in [-0.39, 0.29) is 0 Å². The molecule has 3 atom stereocenters. The molecule has 0 N–H and O–H groups in total. The molecule has 0 bridgehead atoms. The second-order valence-corrected chi connectivity index (χ2v) is 9.60. The minimum atomic E-state index is 0.891. The minimum absolute atomic E-state index is 0.891. The van der Waals surface area contributed by atoms with Gasteiger partial charge in [-0.15, -0.1) is 0 Å². The molecular formula is C26H40. The Morgan fingerprint density at radius 3 is 2.35 bits per heavy atom. The highest BCUT2D eigenvalue weighted by atomic mass is 14.4. The van der Waals surface area contributed by atoms with Gasteiger partial charge < -0.3 is 0 Å². The molecule has 0 nitrogen and oxygen atoms in total. The molecule has 26 heavy (non-hydrogen) atoms. The van der Waals surface area contributed by atoms with Crippen molar-refractivity contribution in [3.8, 4) is 0 Å². The molecule has 0 radical (unpaired) electrons. The maximum absolute atomic E-state index is 2.70. The van der Waals surface area contributed by atoms with Crippen LogP contribution in [-0.4, -0.2) is 0 Å². The number of aryl methyl sites for hydroxylation is 2. The van der Waals surface area contributed by atoms with Crippen LogP contribution in [0, 0.1) is 11.8 Å². The highest BCUT2D eigenvalue weighted by molar-refractivity contribution is 5.43. The Morgan fingerprint density at radius 2 is 1.50 bits per heavy atom. The molecule has 3 aliphatic carbocycles. The summed E-state index contributed by atoms with van der Waals surface area (Å²) in [6.45, 7) is 2.32. The van der Waals surface area contributed by atoms with Gasteiger partial charge >= 0.3 is 0 Å². The zero-order valence-electron chi connectivity index (χ0n) is 17.2. The lowest BCUT2D eigenvalue weighted by molar-refractivity contribution is 0.175. The monoisotopic (exact) mass is 352 g/mol. The van der Waals surface area contributed by atoms with Crippen LogP contribution in [0.15, 0.2) is 12.1 Å². The molecule has 3 aliphatic rings. The Kier molecular flexibility index (Phi) is 6.39. The van der Waals surface area contributed by atoms with Crippen molar-refractivity contribution >= 4 is 0 Å². The van der Waals surface area contributed by atoms with Crippen molar-refractivity contribution in [1.82, 2.24) is 0 Å². The molecule has 0 aromatic heterocycles. The predicted molar refractivity (Wildman–Crippen MR) is 113 cm³/mol. The second kappa shape index (κ2) is 8.94. The number of fused-ring (bicyclic) bond motifs is 3. The summed E-state index contributed by atoms with van der Waals surface area (Å²) in [5.41, 5.74) is 7.01. The number of benzene rings is 1. The topological polar surface area (TPSA) is 0 Å². The molecule has 0 amide bonds. The van der Waals surface area contributed by atoms with Crippen molar-refractivity contribution in [3.63, 3.8) is 0 Å². The van der Waals surface area contributed by atoms with E-state index in [1.165, 1.54) is 103 Å². The van der Waals surface area contributed by atoms with E-state index < -0.39 is 0 Å². The summed E-state index contributed by atoms with van der Waals surface area (Å²) in [4.78, 5) is 0. The SMILES string of the molecule is CCCCCCCCC1c2cc3c(cc2CC2CCCCC21)CCCC3. The van der Waals surface area contributed by atoms with E-state index in [2.05, 4.69) is 19.1 Å². The van der Waals surface area contributed by atoms with Crippen molar-refractivity contribution < 1.29 is 0 Å². The molecule has 3 unspecified atom stereocenters. The van der Waals surface area contributed by atoms with Crippen LogP contribution in [0.25, 0.3) is 0 Å². The lowest BCUT2D eigenvalue weighted by Gasteiger charge is -2.43. The van der Waals surface area contributed by atoms with Crippen LogP contribution in [-0.2, 0) is 19.3 Å². The van der Waals surface area contributed by atoms with E-state index in [0.717, 1.165) is 17.8 Å². The van der Waals surface area contributed by atoms with E-state index in [9.17, 15) is 0 Å². The Hall–Kier alpha value is -0.780. The average Bonchev–Trinajstić information content (AvgIpc) is 2.68. The van der Waals surface area contributed by atoms with Gasteiger partial charge in [-0.2, -0.15) is 0 Å². The molecule has 1 aromatic carbocycles. The fourth-order valence-electron chi connectivity index (χ4n) is 6.42. The van der Waals surface area contributed by atoms with Gasteiger partial charge in [0, 0.05) is 0 Å². The normalized spacial score (nSPS) is 27.5. The minimum Gasteiger partial charge on any atom is -0.0654 e. The quantitative estimate of drug-likeness (QED) is 0.440. The first-order valence-corrected chi connectivity index (χ1v) is 12.0. The highest BCUT2D eigenvalue weighted by Crippen LogP contribution is 2.49. The smallest absolute Gasteiger partial charge is 0.0128 e. The lowest BCUT2D eigenvalue weighted by atomic mass is 9.61. The van der Waals surface area contributed by atoms with Gasteiger partial charge in [0.25, 0.3) is 0 Å². The van der Waals surface area contributed by atoms with E-state index in [1.54, 1.807) is 16.7 Å². The van der Waals surface area contributed by atoms with Crippen LogP contribution < -0.4 is 0 Å². The largest absolute Gasteiger partial charge is 0.0654 e. The van der Waals surface area contributed by atoms with Gasteiger partial charge in [-0.25, -0.2) is 0 Å². The van der Waals surface area contributed by atoms with E-state index in [0.29, 0.717) is 0 Å². The molecule has 1 fully saturated rings. The van der Waals surface area contributed by atoms with Gasteiger partial charge in [-0.1, -0.05) is 70.4 Å². The van der Waals surface area contributed by atoms with Crippen molar-refractivity contribution in [2.24, 2.45) is 11.8 Å². The van der Waals surface area contributed by atoms with Gasteiger partial charge in [-0.05, 0) is 91.4 Å². The Balaban J connectivity index is 1.50. The summed E-state index contributed by atoms with van der Waals surface area (Å²) < 4.78 is 0. The zero-order chi connectivity index (χ0) is 17.8. The van der Waals surface area contributed by atoms with Crippen molar-refractivity contribution in [2.75, 3.05) is 0 Å². The first-order chi connectivity index (χ1) is 12.9. The number of unbranched alkanes of at least 4 members (excludes halogenated alkanes) is 5. The van der Waals surface area contributed by atoms with Crippen LogP contribution >= 0.6 is 0 Å². The summed E-state index contributed by atoms with van der Waals surface area (Å²) in [5.74, 6) is 2.90. The van der Waals surface area contributed by atoms with E-state index in [4.69, 9.17) is 0 Å². The Labute approximate surface area is 162 Å². The summed E-state index contributed by atoms with van der Waals surface area (Å²) in [7, 11) is 0. The number of hydrogen-bond donors (Lipinski definition) is 0. The average molecular weight is 353 g/mol. The molecule has 0 saturated heterocycles. The van der Waals surface area contributed by atoms with Gasteiger partial charge in [0.1, 0.15) is 0 Å². The third kappa shape index (κ3) is 4.05. The maximum Gasteiger partial charge on any atom is -0.0128 e. The standard InChI is InChI=1S/C26H40/c1-2-3-4-5-6-7-16-25-24-15-11-10-14-22(24)18-23-17-20-12-8-9-13-21(20)19-26(23)25/h17,19,22,24-25H,2-16,18H2,1H3. The molecule has 0 heterocycles.